The van der Waals surface area contributed by atoms with E-state index in [9.17, 15) is 4.79 Å². The molecule has 1 aromatic carbocycles. The summed E-state index contributed by atoms with van der Waals surface area (Å²) in [6.45, 7) is 5.44. The smallest absolute Gasteiger partial charge is 0.230 e. The van der Waals surface area contributed by atoms with E-state index in [0.717, 1.165) is 49.7 Å². The molecule has 1 saturated heterocycles. The lowest BCUT2D eigenvalue weighted by molar-refractivity contribution is -0.133. The van der Waals surface area contributed by atoms with Crippen LogP contribution in [0.4, 0.5) is 5.13 Å². The molecular formula is C18H23N3OS. The molecule has 1 unspecified atom stereocenters. The number of hydrogen-bond donors (Lipinski definition) is 0. The Hall–Kier alpha value is -1.88. The van der Waals surface area contributed by atoms with Gasteiger partial charge >= 0.3 is 0 Å². The van der Waals surface area contributed by atoms with Crippen LogP contribution in [0, 0.1) is 0 Å². The van der Waals surface area contributed by atoms with Gasteiger partial charge in [-0.15, -0.1) is 11.3 Å². The Morgan fingerprint density at radius 1 is 1.22 bits per heavy atom. The van der Waals surface area contributed by atoms with Crippen molar-refractivity contribution in [2.24, 2.45) is 0 Å². The third kappa shape index (κ3) is 3.72. The van der Waals surface area contributed by atoms with Crippen LogP contribution in [-0.2, 0) is 4.79 Å². The number of anilines is 1. The van der Waals surface area contributed by atoms with Gasteiger partial charge in [-0.05, 0) is 12.0 Å². The van der Waals surface area contributed by atoms with Crippen LogP contribution in [0.1, 0.15) is 31.2 Å². The second kappa shape index (κ2) is 7.59. The van der Waals surface area contributed by atoms with Crippen molar-refractivity contribution >= 4 is 22.4 Å². The monoisotopic (exact) mass is 329 g/mol. The Bertz CT molecular complexity index is 606. The number of aromatic nitrogens is 1. The van der Waals surface area contributed by atoms with E-state index in [2.05, 4.69) is 28.9 Å². The van der Waals surface area contributed by atoms with Crippen molar-refractivity contribution in [3.8, 4) is 0 Å². The van der Waals surface area contributed by atoms with Crippen LogP contribution in [0.5, 0.6) is 0 Å². The van der Waals surface area contributed by atoms with Crippen LogP contribution in [0.15, 0.2) is 41.9 Å². The van der Waals surface area contributed by atoms with Crippen molar-refractivity contribution in [3.05, 3.63) is 47.5 Å². The highest BCUT2D eigenvalue weighted by Crippen LogP contribution is 2.25. The maximum Gasteiger partial charge on any atom is 0.230 e. The number of thiazole rings is 1. The van der Waals surface area contributed by atoms with E-state index in [-0.39, 0.29) is 11.8 Å². The van der Waals surface area contributed by atoms with Gasteiger partial charge in [0.2, 0.25) is 5.91 Å². The lowest BCUT2D eigenvalue weighted by atomic mass is 9.93. The molecule has 0 radical (unpaired) electrons. The minimum atomic E-state index is -0.00684. The SMILES string of the molecule is CCCC(C(=O)N1CCN(c2nccs2)CC1)c1ccccc1. The van der Waals surface area contributed by atoms with Crippen LogP contribution in [0.3, 0.4) is 0 Å². The third-order valence-electron chi connectivity index (χ3n) is 4.36. The molecule has 122 valence electrons. The second-order valence-corrected chi connectivity index (χ2v) is 6.75. The van der Waals surface area contributed by atoms with Gasteiger partial charge in [0.25, 0.3) is 0 Å². The van der Waals surface area contributed by atoms with Crippen LogP contribution in [0.25, 0.3) is 0 Å². The summed E-state index contributed by atoms with van der Waals surface area (Å²) in [7, 11) is 0. The average Bonchev–Trinajstić information content (AvgIpc) is 3.15. The van der Waals surface area contributed by atoms with Crippen molar-refractivity contribution in [3.63, 3.8) is 0 Å². The molecule has 0 saturated carbocycles. The van der Waals surface area contributed by atoms with Crippen molar-refractivity contribution in [2.45, 2.75) is 25.7 Å². The Kier molecular flexibility index (Phi) is 5.28. The average molecular weight is 329 g/mol. The fourth-order valence-electron chi connectivity index (χ4n) is 3.12. The first kappa shape index (κ1) is 16.0. The zero-order valence-corrected chi connectivity index (χ0v) is 14.3. The fraction of sp³-hybridized carbons (Fsp3) is 0.444. The van der Waals surface area contributed by atoms with Gasteiger partial charge in [0, 0.05) is 37.8 Å². The highest BCUT2D eigenvalue weighted by molar-refractivity contribution is 7.13. The Balaban J connectivity index is 1.65. The molecule has 1 aromatic heterocycles. The van der Waals surface area contributed by atoms with Crippen molar-refractivity contribution in [2.75, 3.05) is 31.1 Å². The van der Waals surface area contributed by atoms with E-state index in [1.165, 1.54) is 0 Å². The number of carbonyl (C=O) groups excluding carboxylic acids is 1. The molecule has 0 spiro atoms. The molecule has 5 heteroatoms. The molecule has 4 nitrogen and oxygen atoms in total. The summed E-state index contributed by atoms with van der Waals surface area (Å²) in [4.78, 5) is 21.6. The van der Waals surface area contributed by atoms with Gasteiger partial charge in [-0.25, -0.2) is 4.98 Å². The molecular weight excluding hydrogens is 306 g/mol. The van der Waals surface area contributed by atoms with Gasteiger partial charge in [-0.1, -0.05) is 43.7 Å². The van der Waals surface area contributed by atoms with Gasteiger partial charge in [-0.2, -0.15) is 0 Å². The van der Waals surface area contributed by atoms with Gasteiger partial charge < -0.3 is 9.80 Å². The zero-order chi connectivity index (χ0) is 16.1. The van der Waals surface area contributed by atoms with Gasteiger partial charge in [0.05, 0.1) is 5.92 Å². The first-order valence-electron chi connectivity index (χ1n) is 8.27. The van der Waals surface area contributed by atoms with Gasteiger partial charge in [-0.3, -0.25) is 4.79 Å². The molecule has 0 N–H and O–H groups in total. The molecule has 23 heavy (non-hydrogen) atoms. The van der Waals surface area contributed by atoms with E-state index < -0.39 is 0 Å². The quantitative estimate of drug-likeness (QED) is 0.844. The Morgan fingerprint density at radius 2 is 1.96 bits per heavy atom. The van der Waals surface area contributed by atoms with E-state index in [1.54, 1.807) is 11.3 Å². The normalized spacial score (nSPS) is 16.4. The largest absolute Gasteiger partial charge is 0.345 e. The predicted octanol–water partition coefficient (Wildman–Crippen LogP) is 3.38. The zero-order valence-electron chi connectivity index (χ0n) is 13.5. The number of hydrogen-bond acceptors (Lipinski definition) is 4. The Morgan fingerprint density at radius 3 is 2.57 bits per heavy atom. The maximum atomic E-state index is 13.0. The molecule has 2 aromatic rings. The molecule has 3 rings (SSSR count). The number of amides is 1. The predicted molar refractivity (Wildman–Crippen MR) is 95.0 cm³/mol. The number of rotatable bonds is 5. The van der Waals surface area contributed by atoms with Crippen molar-refractivity contribution < 1.29 is 4.79 Å². The van der Waals surface area contributed by atoms with Gasteiger partial charge in [0.1, 0.15) is 0 Å². The van der Waals surface area contributed by atoms with E-state index in [0.29, 0.717) is 0 Å². The molecule has 0 bridgehead atoms. The number of carbonyl (C=O) groups is 1. The molecule has 1 aliphatic heterocycles. The fourth-order valence-corrected chi connectivity index (χ4v) is 3.81. The highest BCUT2D eigenvalue weighted by Gasteiger charge is 2.28. The molecule has 1 fully saturated rings. The van der Waals surface area contributed by atoms with E-state index >= 15 is 0 Å². The summed E-state index contributed by atoms with van der Waals surface area (Å²) >= 11 is 1.66. The second-order valence-electron chi connectivity index (χ2n) is 5.88. The summed E-state index contributed by atoms with van der Waals surface area (Å²) in [6.07, 6.45) is 3.77. The summed E-state index contributed by atoms with van der Waals surface area (Å²) in [5.41, 5.74) is 1.14. The molecule has 2 heterocycles. The van der Waals surface area contributed by atoms with E-state index in [4.69, 9.17) is 0 Å². The molecule has 1 atom stereocenters. The lowest BCUT2D eigenvalue weighted by Crippen LogP contribution is -2.50. The van der Waals surface area contributed by atoms with Crippen molar-refractivity contribution in [1.29, 1.82) is 0 Å². The minimum Gasteiger partial charge on any atom is -0.345 e. The number of piperazine rings is 1. The Labute approximate surface area is 141 Å². The molecule has 1 aliphatic rings. The van der Waals surface area contributed by atoms with Crippen LogP contribution >= 0.6 is 11.3 Å². The van der Waals surface area contributed by atoms with Crippen LogP contribution < -0.4 is 4.90 Å². The first-order valence-corrected chi connectivity index (χ1v) is 9.15. The lowest BCUT2D eigenvalue weighted by Gasteiger charge is -2.36. The number of benzene rings is 1. The minimum absolute atomic E-state index is 0.00684. The topological polar surface area (TPSA) is 36.4 Å². The summed E-state index contributed by atoms with van der Waals surface area (Å²) in [6, 6.07) is 10.2. The molecule has 1 amide bonds. The summed E-state index contributed by atoms with van der Waals surface area (Å²) in [5, 5.41) is 3.06. The third-order valence-corrected chi connectivity index (χ3v) is 5.19. The maximum absolute atomic E-state index is 13.0. The first-order chi connectivity index (χ1) is 11.3. The number of nitrogens with zero attached hydrogens (tertiary/aromatic N) is 3. The van der Waals surface area contributed by atoms with Crippen LogP contribution in [0.2, 0.25) is 0 Å². The standard InChI is InChI=1S/C18H23N3OS/c1-2-6-16(15-7-4-3-5-8-15)17(22)20-10-12-21(13-11-20)18-19-9-14-23-18/h3-5,7-9,14,16H,2,6,10-13H2,1H3. The highest BCUT2D eigenvalue weighted by atomic mass is 32.1. The molecule has 0 aliphatic carbocycles. The van der Waals surface area contributed by atoms with Crippen molar-refractivity contribution in [1.82, 2.24) is 9.88 Å². The summed E-state index contributed by atoms with van der Waals surface area (Å²) < 4.78 is 0. The van der Waals surface area contributed by atoms with E-state index in [1.807, 2.05) is 34.7 Å². The van der Waals surface area contributed by atoms with Gasteiger partial charge in [0.15, 0.2) is 5.13 Å². The van der Waals surface area contributed by atoms with Crippen LogP contribution in [-0.4, -0.2) is 42.0 Å². The summed E-state index contributed by atoms with van der Waals surface area (Å²) in [5.74, 6) is 0.268.